The van der Waals surface area contributed by atoms with E-state index in [-0.39, 0.29) is 44.6 Å². The second-order valence-corrected chi connectivity index (χ2v) is 16.2. The molecular weight excluding hydrogens is 905 g/mol. The van der Waals surface area contributed by atoms with Crippen LogP contribution in [0.5, 0.6) is 0 Å². The van der Waals surface area contributed by atoms with Crippen molar-refractivity contribution in [1.82, 2.24) is 56.8 Å². The molecule has 0 radical (unpaired) electrons. The lowest BCUT2D eigenvalue weighted by Crippen LogP contribution is -2.61. The average Bonchev–Trinajstić information content (AvgIpc) is 4.10. The van der Waals surface area contributed by atoms with Crippen molar-refractivity contribution in [2.24, 2.45) is 27.9 Å². The van der Waals surface area contributed by atoms with Crippen LogP contribution in [-0.4, -0.2) is 155 Å². The monoisotopic (exact) mass is 964 g/mol. The number of amides is 7. The topological polar surface area (TPSA) is 459 Å². The van der Waals surface area contributed by atoms with E-state index in [4.69, 9.17) is 22.9 Å². The highest BCUT2D eigenvalue weighted by molar-refractivity contribution is 5.98. The number of fused-ring (bicyclic) bond motifs is 1. The molecule has 0 aliphatic rings. The molecule has 3 heterocycles. The van der Waals surface area contributed by atoms with Gasteiger partial charge in [0.15, 0.2) is 5.96 Å². The summed E-state index contributed by atoms with van der Waals surface area (Å²) in [5, 5.41) is 45.5. The van der Waals surface area contributed by atoms with Gasteiger partial charge in [0.25, 0.3) is 0 Å². The predicted octanol–water partition coefficient (Wildman–Crippen LogP) is -4.96. The van der Waals surface area contributed by atoms with Crippen LogP contribution in [0.2, 0.25) is 0 Å². The molecule has 27 heteroatoms. The van der Waals surface area contributed by atoms with Crippen LogP contribution in [-0.2, 0) is 57.6 Å². The molecule has 0 unspecified atom stereocenters. The number of nitrogens with one attached hydrogen (secondary N) is 9. The highest BCUT2D eigenvalue weighted by Gasteiger charge is 2.35. The van der Waals surface area contributed by atoms with Crippen molar-refractivity contribution >= 4 is 64.2 Å². The third-order valence-electron chi connectivity index (χ3n) is 10.7. The van der Waals surface area contributed by atoms with E-state index in [1.165, 1.54) is 38.9 Å². The summed E-state index contributed by atoms with van der Waals surface area (Å²) >= 11 is 0. The number of guanidine groups is 1. The van der Waals surface area contributed by atoms with Gasteiger partial charge < -0.3 is 85.1 Å². The van der Waals surface area contributed by atoms with Gasteiger partial charge in [-0.15, -0.1) is 0 Å². The number of carbonyl (C=O) groups excluding carboxylic acids is 7. The number of nitrogens with zero attached hydrogens (tertiary/aromatic N) is 3. The van der Waals surface area contributed by atoms with Crippen LogP contribution in [0.3, 0.4) is 0 Å². The fourth-order valence-corrected chi connectivity index (χ4v) is 6.95. The maximum atomic E-state index is 14.3. The highest BCUT2D eigenvalue weighted by atomic mass is 16.4. The minimum atomic E-state index is -1.66. The molecule has 0 fully saturated rings. The molecule has 27 nitrogen and oxygen atoms in total. The summed E-state index contributed by atoms with van der Waals surface area (Å²) in [7, 11) is 0. The number of hydrogen-bond donors (Lipinski definition) is 16. The number of imidazole rings is 2. The van der Waals surface area contributed by atoms with E-state index in [9.17, 15) is 53.7 Å². The minimum absolute atomic E-state index is 0.0216. The highest BCUT2D eigenvalue weighted by Crippen LogP contribution is 2.20. The number of aliphatic carboxylic acids is 1. The Morgan fingerprint density at radius 2 is 1.14 bits per heavy atom. The van der Waals surface area contributed by atoms with Crippen LogP contribution in [0, 0.1) is 0 Å². The Hall–Kier alpha value is -7.91. The van der Waals surface area contributed by atoms with Crippen LogP contribution in [0.25, 0.3) is 10.9 Å². The number of aromatic nitrogens is 5. The molecule has 0 aliphatic carbocycles. The molecular formula is C42H60N16O11. The zero-order valence-electron chi connectivity index (χ0n) is 37.8. The number of aliphatic hydroxyl groups is 2. The lowest BCUT2D eigenvalue weighted by atomic mass is 10.0. The van der Waals surface area contributed by atoms with Crippen LogP contribution in [0.15, 0.2) is 60.5 Å². The first-order valence-corrected chi connectivity index (χ1v) is 21.7. The maximum Gasteiger partial charge on any atom is 0.303 e. The largest absolute Gasteiger partial charge is 0.481 e. The quantitative estimate of drug-likeness (QED) is 0.0144. The van der Waals surface area contributed by atoms with Gasteiger partial charge in [-0.2, -0.15) is 0 Å². The lowest BCUT2D eigenvalue weighted by molar-refractivity contribution is -0.138. The number of H-pyrrole nitrogens is 3. The third-order valence-corrected chi connectivity index (χ3v) is 10.7. The van der Waals surface area contributed by atoms with Gasteiger partial charge in [-0.3, -0.25) is 43.3 Å². The molecule has 0 saturated heterocycles. The smallest absolute Gasteiger partial charge is 0.303 e. The van der Waals surface area contributed by atoms with E-state index in [1.54, 1.807) is 30.5 Å². The first-order chi connectivity index (χ1) is 32.7. The van der Waals surface area contributed by atoms with Gasteiger partial charge in [0, 0.05) is 73.1 Å². The standard InChI is InChI=1S/C42H60N16O11/c1-20(59)33(43)41(69)57-31(14-24-17-48-19-52-24)39(67)56-30(13-23-16-47-18-51-23)38(66)53-27(8-5-11-49-42(45)46)36(64)54-28(9-10-32(61)62)37(65)55-29(40(68)58-34(21(2)60)35(44)63)12-22-15-50-26-7-4-3-6-25(22)26/h3-4,6-7,15-21,27-31,33-34,50,59-60H,5,8-14,43H2,1-2H3,(H2,44,63)(H,47,51)(H,48,52)(H,53,66)(H,54,64)(H,55,65)(H,56,67)(H,57,69)(H,58,68)(H,61,62)(H4,45,46,49)/t20-,21-,27+,28+,29+,30+,31+,33+,34+/m1/s1. The van der Waals surface area contributed by atoms with Crippen molar-refractivity contribution in [3.05, 3.63) is 72.5 Å². The fourth-order valence-electron chi connectivity index (χ4n) is 6.95. The molecule has 1 aromatic carbocycles. The van der Waals surface area contributed by atoms with Crippen molar-refractivity contribution in [2.75, 3.05) is 6.54 Å². The second-order valence-electron chi connectivity index (χ2n) is 16.2. The number of para-hydroxylation sites is 1. The van der Waals surface area contributed by atoms with Gasteiger partial charge in [-0.05, 0) is 44.7 Å². The van der Waals surface area contributed by atoms with Crippen molar-refractivity contribution in [3.8, 4) is 0 Å². The summed E-state index contributed by atoms with van der Waals surface area (Å²) in [6.45, 7) is 2.48. The van der Waals surface area contributed by atoms with Crippen LogP contribution < -0.4 is 54.8 Å². The molecule has 7 amide bonds. The predicted molar refractivity (Wildman–Crippen MR) is 245 cm³/mol. The Bertz CT molecular complexity index is 2400. The Morgan fingerprint density at radius 3 is 1.64 bits per heavy atom. The van der Waals surface area contributed by atoms with E-state index in [2.05, 4.69) is 61.8 Å². The molecule has 9 atom stereocenters. The third kappa shape index (κ3) is 16.7. The van der Waals surface area contributed by atoms with Crippen molar-refractivity contribution in [2.45, 2.75) is 113 Å². The van der Waals surface area contributed by atoms with Crippen LogP contribution >= 0.6 is 0 Å². The number of aliphatic hydroxyl groups excluding tert-OH is 2. The molecule has 69 heavy (non-hydrogen) atoms. The first-order valence-electron chi connectivity index (χ1n) is 21.7. The number of benzene rings is 1. The molecule has 20 N–H and O–H groups in total. The van der Waals surface area contributed by atoms with Crippen molar-refractivity contribution in [1.29, 1.82) is 0 Å². The Balaban J connectivity index is 1.64. The normalized spacial score (nSPS) is 15.1. The van der Waals surface area contributed by atoms with E-state index in [1.807, 2.05) is 0 Å². The summed E-state index contributed by atoms with van der Waals surface area (Å²) in [5.41, 5.74) is 24.3. The maximum absolute atomic E-state index is 14.3. The second kappa shape index (κ2) is 25.9. The molecule has 4 rings (SSSR count). The summed E-state index contributed by atoms with van der Waals surface area (Å²) in [5.74, 6) is -8.35. The Labute approximate surface area is 394 Å². The van der Waals surface area contributed by atoms with Gasteiger partial charge in [-0.25, -0.2) is 9.97 Å². The summed E-state index contributed by atoms with van der Waals surface area (Å²) in [6.07, 6.45) is 2.48. The number of aromatic amines is 3. The summed E-state index contributed by atoms with van der Waals surface area (Å²) in [6, 6.07) is -3.44. The molecule has 0 saturated carbocycles. The summed E-state index contributed by atoms with van der Waals surface area (Å²) in [4.78, 5) is 128. The minimum Gasteiger partial charge on any atom is -0.481 e. The van der Waals surface area contributed by atoms with E-state index >= 15 is 0 Å². The van der Waals surface area contributed by atoms with Crippen LogP contribution in [0.4, 0.5) is 0 Å². The molecule has 0 aliphatic heterocycles. The number of aliphatic imine (C=N–C) groups is 1. The number of carboxylic acids is 1. The number of carbonyl (C=O) groups is 8. The molecule has 4 aromatic rings. The number of hydrogen-bond acceptors (Lipinski definition) is 14. The number of carboxylic acid groups (broad SMARTS) is 1. The van der Waals surface area contributed by atoms with Gasteiger partial charge in [0.05, 0.1) is 24.9 Å². The molecule has 0 bridgehead atoms. The van der Waals surface area contributed by atoms with Crippen LogP contribution in [0.1, 0.15) is 56.5 Å². The van der Waals surface area contributed by atoms with Gasteiger partial charge in [-0.1, -0.05) is 18.2 Å². The number of nitrogens with two attached hydrogens (primary N) is 4. The van der Waals surface area contributed by atoms with Gasteiger partial charge >= 0.3 is 5.97 Å². The van der Waals surface area contributed by atoms with Gasteiger partial charge in [0.1, 0.15) is 42.3 Å². The number of primary amides is 1. The summed E-state index contributed by atoms with van der Waals surface area (Å²) < 4.78 is 0. The van der Waals surface area contributed by atoms with Crippen molar-refractivity contribution < 1.29 is 53.7 Å². The molecule has 3 aromatic heterocycles. The fraction of sp³-hybridized carbons (Fsp3) is 0.452. The SMILES string of the molecule is C[C@@H](O)[C@H](N)C(=O)N[C@@H](Cc1cnc[nH]1)C(=O)N[C@@H](Cc1cnc[nH]1)C(=O)N[C@@H](CCCN=C(N)N)C(=O)N[C@@H](CCC(=O)O)C(=O)N[C@@H](Cc1c[nH]c2ccccc12)C(=O)N[C@H](C(N)=O)[C@@H](C)O. The lowest BCUT2D eigenvalue weighted by Gasteiger charge is -2.28. The number of rotatable bonds is 28. The first kappa shape index (κ1) is 53.7. The Kier molecular flexibility index (Phi) is 20.1. The zero-order chi connectivity index (χ0) is 50.8. The van der Waals surface area contributed by atoms with Gasteiger partial charge in [0.2, 0.25) is 41.4 Å². The van der Waals surface area contributed by atoms with Crippen molar-refractivity contribution in [3.63, 3.8) is 0 Å². The van der Waals surface area contributed by atoms with E-state index in [0.717, 1.165) is 0 Å². The zero-order valence-corrected chi connectivity index (χ0v) is 37.8. The Morgan fingerprint density at radius 1 is 0.652 bits per heavy atom. The van der Waals surface area contributed by atoms with E-state index < -0.39 is 115 Å². The average molecular weight is 965 g/mol. The van der Waals surface area contributed by atoms with E-state index in [0.29, 0.717) is 27.9 Å². The molecule has 374 valence electrons. The molecule has 0 spiro atoms.